The van der Waals surface area contributed by atoms with Crippen LogP contribution in [0.2, 0.25) is 0 Å². The quantitative estimate of drug-likeness (QED) is 0.488. The molecule has 0 bridgehead atoms. The molecule has 1 aliphatic carbocycles. The molecule has 0 saturated heterocycles. The van der Waals surface area contributed by atoms with Gasteiger partial charge in [-0.25, -0.2) is 9.38 Å². The first-order chi connectivity index (χ1) is 17.0. The van der Waals surface area contributed by atoms with Crippen LogP contribution in [0.4, 0.5) is 10.1 Å². The number of anilines is 1. The van der Waals surface area contributed by atoms with Crippen LogP contribution in [0.5, 0.6) is 5.75 Å². The van der Waals surface area contributed by atoms with Crippen LogP contribution in [0.25, 0.3) is 6.08 Å². The average Bonchev–Trinajstić information content (AvgIpc) is 3.47. The number of hydrogen-bond acceptors (Lipinski definition) is 5. The van der Waals surface area contributed by atoms with Gasteiger partial charge >= 0.3 is 0 Å². The summed E-state index contributed by atoms with van der Waals surface area (Å²) in [6.07, 6.45) is 6.53. The molecular weight excluding hydrogens is 465 g/mol. The highest BCUT2D eigenvalue weighted by atomic mass is 32.2. The third-order valence-corrected chi connectivity index (χ3v) is 7.34. The summed E-state index contributed by atoms with van der Waals surface area (Å²) in [5.41, 5.74) is 1.54. The first-order valence-electron chi connectivity index (χ1n) is 12.1. The zero-order valence-electron chi connectivity index (χ0n) is 20.0. The molecular formula is C27H30FN3O3S. The van der Waals surface area contributed by atoms with Gasteiger partial charge in [0.25, 0.3) is 5.91 Å². The molecule has 1 fully saturated rings. The Bertz CT molecular complexity index is 1110. The van der Waals surface area contributed by atoms with E-state index in [1.807, 2.05) is 13.8 Å². The number of benzene rings is 2. The Kier molecular flexibility index (Phi) is 8.23. The zero-order valence-corrected chi connectivity index (χ0v) is 20.8. The third-order valence-electron chi connectivity index (χ3n) is 6.02. The number of nitrogens with one attached hydrogen (secondary N) is 1. The minimum atomic E-state index is -0.377. The molecule has 1 atom stereocenters. The minimum absolute atomic E-state index is 0.0258. The molecule has 0 radical (unpaired) electrons. The standard InChI is InChI=1S/C27H30FN3O3S/c1-3-24(25(32)29-20-7-5-6-8-20)35-27-30-23(17-18-9-11-19(28)12-10-18)26(33)31(27)21-13-15-22(16-14-21)34-4-2/h9-17,20,24H,3-8H2,1-2H3,(H,29,32)/b23-17+. The number of nitrogens with zero attached hydrogens (tertiary/aromatic N) is 2. The molecule has 2 aromatic rings. The maximum atomic E-state index is 13.4. The number of ether oxygens (including phenoxy) is 1. The van der Waals surface area contributed by atoms with E-state index in [1.165, 1.54) is 28.8 Å². The molecule has 1 saturated carbocycles. The molecule has 35 heavy (non-hydrogen) atoms. The van der Waals surface area contributed by atoms with Gasteiger partial charge in [-0.2, -0.15) is 0 Å². The lowest BCUT2D eigenvalue weighted by Gasteiger charge is -2.22. The van der Waals surface area contributed by atoms with Gasteiger partial charge in [0, 0.05) is 6.04 Å². The van der Waals surface area contributed by atoms with Gasteiger partial charge < -0.3 is 10.1 Å². The normalized spacial score (nSPS) is 18.1. The van der Waals surface area contributed by atoms with Gasteiger partial charge in [0.15, 0.2) is 5.17 Å². The fraction of sp³-hybridized carbons (Fsp3) is 0.370. The van der Waals surface area contributed by atoms with Gasteiger partial charge in [-0.05, 0) is 74.2 Å². The molecule has 4 rings (SSSR count). The Labute approximate surface area is 209 Å². The first kappa shape index (κ1) is 25.0. The highest BCUT2D eigenvalue weighted by Crippen LogP contribution is 2.33. The number of carbonyl (C=O) groups excluding carboxylic acids is 2. The number of aliphatic imine (C=N–C) groups is 1. The van der Waals surface area contributed by atoms with E-state index in [0.717, 1.165) is 25.7 Å². The number of halogens is 1. The molecule has 184 valence electrons. The summed E-state index contributed by atoms with van der Waals surface area (Å²) < 4.78 is 18.9. The number of hydrogen-bond donors (Lipinski definition) is 1. The molecule has 6 nitrogen and oxygen atoms in total. The highest BCUT2D eigenvalue weighted by Gasteiger charge is 2.35. The SMILES string of the molecule is CCOc1ccc(N2C(=O)/C(=C\c3ccc(F)cc3)N=C2SC(CC)C(=O)NC2CCCC2)cc1. The summed E-state index contributed by atoms with van der Waals surface area (Å²) in [5, 5.41) is 3.23. The molecule has 0 aromatic heterocycles. The number of rotatable bonds is 8. The summed E-state index contributed by atoms with van der Waals surface area (Å²) in [7, 11) is 0. The largest absolute Gasteiger partial charge is 0.494 e. The van der Waals surface area contributed by atoms with Crippen LogP contribution in [0, 0.1) is 5.82 Å². The Balaban J connectivity index is 1.62. The molecule has 1 N–H and O–H groups in total. The zero-order chi connectivity index (χ0) is 24.8. The van der Waals surface area contributed by atoms with Crippen LogP contribution in [-0.4, -0.2) is 34.9 Å². The van der Waals surface area contributed by atoms with Gasteiger partial charge in [-0.15, -0.1) is 0 Å². The fourth-order valence-electron chi connectivity index (χ4n) is 4.19. The number of carbonyl (C=O) groups is 2. The van der Waals surface area contributed by atoms with Gasteiger partial charge in [0.05, 0.1) is 17.5 Å². The second-order valence-corrected chi connectivity index (χ2v) is 9.72. The highest BCUT2D eigenvalue weighted by molar-refractivity contribution is 8.15. The smallest absolute Gasteiger partial charge is 0.283 e. The molecule has 2 aromatic carbocycles. The van der Waals surface area contributed by atoms with Crippen LogP contribution in [-0.2, 0) is 9.59 Å². The van der Waals surface area contributed by atoms with Crippen LogP contribution < -0.4 is 15.0 Å². The van der Waals surface area contributed by atoms with Crippen molar-refractivity contribution in [1.82, 2.24) is 5.32 Å². The van der Waals surface area contributed by atoms with E-state index in [0.29, 0.717) is 35.2 Å². The van der Waals surface area contributed by atoms with Crippen molar-refractivity contribution < 1.29 is 18.7 Å². The molecule has 2 aliphatic rings. The second kappa shape index (κ2) is 11.5. The maximum Gasteiger partial charge on any atom is 0.283 e. The van der Waals surface area contributed by atoms with Gasteiger partial charge in [-0.3, -0.25) is 14.5 Å². The Hall–Kier alpha value is -3.13. The van der Waals surface area contributed by atoms with Crippen molar-refractivity contribution in [3.05, 3.63) is 65.6 Å². The molecule has 1 aliphatic heterocycles. The van der Waals surface area contributed by atoms with Gasteiger partial charge in [-0.1, -0.05) is 43.7 Å². The first-order valence-corrected chi connectivity index (χ1v) is 13.0. The maximum absolute atomic E-state index is 13.4. The molecule has 1 heterocycles. The van der Waals surface area contributed by atoms with Crippen molar-refractivity contribution in [1.29, 1.82) is 0 Å². The van der Waals surface area contributed by atoms with E-state index in [4.69, 9.17) is 4.74 Å². The summed E-state index contributed by atoms with van der Waals surface area (Å²) in [5.74, 6) is 0.0346. The average molecular weight is 496 g/mol. The number of amidine groups is 1. The summed E-state index contributed by atoms with van der Waals surface area (Å²) in [6.45, 7) is 4.41. The van der Waals surface area contributed by atoms with E-state index in [9.17, 15) is 14.0 Å². The lowest BCUT2D eigenvalue weighted by molar-refractivity contribution is -0.121. The lowest BCUT2D eigenvalue weighted by atomic mass is 10.2. The molecule has 0 spiro atoms. The minimum Gasteiger partial charge on any atom is -0.494 e. The topological polar surface area (TPSA) is 71.0 Å². The van der Waals surface area contributed by atoms with Crippen molar-refractivity contribution in [3.8, 4) is 5.75 Å². The molecule has 2 amide bonds. The number of amides is 2. The van der Waals surface area contributed by atoms with Crippen LogP contribution in [0.1, 0.15) is 51.5 Å². The van der Waals surface area contributed by atoms with Crippen LogP contribution in [0.15, 0.2) is 59.2 Å². The van der Waals surface area contributed by atoms with E-state index in [1.54, 1.807) is 42.5 Å². The van der Waals surface area contributed by atoms with Crippen molar-refractivity contribution in [2.24, 2.45) is 4.99 Å². The lowest BCUT2D eigenvalue weighted by Crippen LogP contribution is -2.40. The summed E-state index contributed by atoms with van der Waals surface area (Å²) in [6, 6.07) is 13.3. The van der Waals surface area contributed by atoms with Crippen LogP contribution >= 0.6 is 11.8 Å². The predicted octanol–water partition coefficient (Wildman–Crippen LogP) is 5.54. The fourth-order valence-corrected chi connectivity index (χ4v) is 5.23. The monoisotopic (exact) mass is 495 g/mol. The van der Waals surface area contributed by atoms with E-state index < -0.39 is 0 Å². The van der Waals surface area contributed by atoms with E-state index in [-0.39, 0.29) is 34.6 Å². The van der Waals surface area contributed by atoms with E-state index >= 15 is 0 Å². The molecule has 8 heteroatoms. The summed E-state index contributed by atoms with van der Waals surface area (Å²) in [4.78, 5) is 32.6. The van der Waals surface area contributed by atoms with Crippen molar-refractivity contribution in [2.45, 2.75) is 57.2 Å². The van der Waals surface area contributed by atoms with Crippen molar-refractivity contribution in [3.63, 3.8) is 0 Å². The Morgan fingerprint density at radius 3 is 2.49 bits per heavy atom. The Morgan fingerprint density at radius 2 is 1.86 bits per heavy atom. The second-order valence-electron chi connectivity index (χ2n) is 8.55. The summed E-state index contributed by atoms with van der Waals surface area (Å²) >= 11 is 1.29. The van der Waals surface area contributed by atoms with Gasteiger partial charge in [0.2, 0.25) is 5.91 Å². The van der Waals surface area contributed by atoms with E-state index in [2.05, 4.69) is 10.3 Å². The predicted molar refractivity (Wildman–Crippen MR) is 139 cm³/mol. The molecule has 1 unspecified atom stereocenters. The number of thioether (sulfide) groups is 1. The Morgan fingerprint density at radius 1 is 1.17 bits per heavy atom. The van der Waals surface area contributed by atoms with Gasteiger partial charge in [0.1, 0.15) is 17.3 Å². The van der Waals surface area contributed by atoms with Crippen LogP contribution in [0.3, 0.4) is 0 Å². The third kappa shape index (κ3) is 6.11. The van der Waals surface area contributed by atoms with Crippen molar-refractivity contribution >= 4 is 40.5 Å². The van der Waals surface area contributed by atoms with Crippen molar-refractivity contribution in [2.75, 3.05) is 11.5 Å².